The van der Waals surface area contributed by atoms with Crippen LogP contribution in [-0.4, -0.2) is 63.8 Å². The molecule has 1 aliphatic heterocycles. The monoisotopic (exact) mass is 298 g/mol. The molecule has 0 radical (unpaired) electrons. The predicted molar refractivity (Wildman–Crippen MR) is 78.0 cm³/mol. The van der Waals surface area contributed by atoms with E-state index in [1.54, 1.807) is 4.90 Å². The Morgan fingerprint density at radius 1 is 1.14 bits per heavy atom. The number of likely N-dealkylation sites (tertiary alicyclic amines) is 1. The van der Waals surface area contributed by atoms with Crippen molar-refractivity contribution in [3.8, 4) is 0 Å². The summed E-state index contributed by atoms with van der Waals surface area (Å²) in [4.78, 5) is 27.2. The number of aliphatic carboxylic acids is 1. The summed E-state index contributed by atoms with van der Waals surface area (Å²) in [6, 6.07) is 0.277. The number of aliphatic hydroxyl groups is 1. The van der Waals surface area contributed by atoms with Gasteiger partial charge in [0.2, 0.25) is 0 Å². The number of nitrogens with zero attached hydrogens (tertiary/aromatic N) is 2. The highest BCUT2D eigenvalue weighted by molar-refractivity contribution is 5.75. The molecule has 2 N–H and O–H groups in total. The minimum absolute atomic E-state index is 0.0103. The van der Waals surface area contributed by atoms with Crippen molar-refractivity contribution in [3.63, 3.8) is 0 Å². The van der Waals surface area contributed by atoms with E-state index >= 15 is 0 Å². The van der Waals surface area contributed by atoms with Crippen molar-refractivity contribution in [2.45, 2.75) is 63.5 Å². The first-order valence-electron chi connectivity index (χ1n) is 8.03. The molecule has 120 valence electrons. The maximum Gasteiger partial charge on any atom is 0.320 e. The van der Waals surface area contributed by atoms with Crippen molar-refractivity contribution in [3.05, 3.63) is 0 Å². The second kappa shape index (κ2) is 7.64. The first-order chi connectivity index (χ1) is 10.1. The van der Waals surface area contributed by atoms with Crippen LogP contribution in [0.15, 0.2) is 0 Å². The van der Waals surface area contributed by atoms with Gasteiger partial charge in [0.05, 0.1) is 6.61 Å². The highest BCUT2D eigenvalue weighted by atomic mass is 16.4. The van der Waals surface area contributed by atoms with E-state index in [9.17, 15) is 14.7 Å². The van der Waals surface area contributed by atoms with Crippen LogP contribution in [0.3, 0.4) is 0 Å². The zero-order valence-electron chi connectivity index (χ0n) is 12.5. The molecule has 0 aromatic carbocycles. The van der Waals surface area contributed by atoms with Gasteiger partial charge in [-0.3, -0.25) is 4.79 Å². The minimum atomic E-state index is -0.806. The Hall–Kier alpha value is -1.30. The molecular formula is C15H26N2O4. The lowest BCUT2D eigenvalue weighted by Gasteiger charge is -2.44. The van der Waals surface area contributed by atoms with Gasteiger partial charge >= 0.3 is 12.0 Å². The average molecular weight is 298 g/mol. The summed E-state index contributed by atoms with van der Waals surface area (Å²) in [7, 11) is 0. The molecule has 6 heteroatoms. The van der Waals surface area contributed by atoms with Crippen molar-refractivity contribution in [2.75, 3.05) is 19.7 Å². The lowest BCUT2D eigenvalue weighted by Crippen LogP contribution is -2.55. The molecule has 0 spiro atoms. The Bertz CT molecular complexity index is 371. The number of aliphatic hydroxyl groups excluding tert-OH is 1. The summed E-state index contributed by atoms with van der Waals surface area (Å²) < 4.78 is 0. The molecule has 0 aromatic heterocycles. The zero-order valence-corrected chi connectivity index (χ0v) is 12.5. The van der Waals surface area contributed by atoms with E-state index in [4.69, 9.17) is 5.11 Å². The van der Waals surface area contributed by atoms with E-state index < -0.39 is 5.97 Å². The third-order valence-electron chi connectivity index (χ3n) is 4.67. The third-order valence-corrected chi connectivity index (χ3v) is 4.67. The van der Waals surface area contributed by atoms with Crippen molar-refractivity contribution in [1.82, 2.24) is 9.80 Å². The number of carbonyl (C=O) groups is 2. The van der Waals surface area contributed by atoms with E-state index in [2.05, 4.69) is 0 Å². The van der Waals surface area contributed by atoms with Crippen LogP contribution in [-0.2, 0) is 4.79 Å². The molecule has 1 heterocycles. The van der Waals surface area contributed by atoms with Crippen molar-refractivity contribution in [1.29, 1.82) is 0 Å². The van der Waals surface area contributed by atoms with Gasteiger partial charge in [-0.2, -0.15) is 0 Å². The van der Waals surface area contributed by atoms with Gasteiger partial charge in [-0.1, -0.05) is 0 Å². The number of hydrogen-bond donors (Lipinski definition) is 2. The molecule has 6 nitrogen and oxygen atoms in total. The van der Waals surface area contributed by atoms with Crippen LogP contribution in [0.5, 0.6) is 0 Å². The summed E-state index contributed by atoms with van der Waals surface area (Å²) in [5.74, 6) is -0.806. The van der Waals surface area contributed by atoms with E-state index in [1.165, 1.54) is 0 Å². The molecule has 1 atom stereocenters. The van der Waals surface area contributed by atoms with Gasteiger partial charge in [-0.25, -0.2) is 4.79 Å². The highest BCUT2D eigenvalue weighted by Gasteiger charge is 2.35. The second-order valence-corrected chi connectivity index (χ2v) is 6.06. The van der Waals surface area contributed by atoms with Crippen LogP contribution in [0, 0.1) is 0 Å². The fraction of sp³-hybridized carbons (Fsp3) is 0.867. The summed E-state index contributed by atoms with van der Waals surface area (Å²) >= 11 is 0. The molecule has 1 saturated carbocycles. The lowest BCUT2D eigenvalue weighted by atomic mass is 9.91. The standard InChI is InChI=1S/C15H26N2O4/c18-11-10-17(12-5-3-6-12)15(21)16-9-2-1-4-13(16)7-8-14(19)20/h12-13,18H,1-11H2,(H,19,20). The van der Waals surface area contributed by atoms with Gasteiger partial charge in [-0.05, 0) is 44.9 Å². The number of rotatable bonds is 6. The quantitative estimate of drug-likeness (QED) is 0.781. The number of carboxylic acid groups (broad SMARTS) is 1. The molecule has 2 aliphatic rings. The van der Waals surface area contributed by atoms with Crippen molar-refractivity contribution >= 4 is 12.0 Å². The lowest BCUT2D eigenvalue weighted by molar-refractivity contribution is -0.137. The van der Waals surface area contributed by atoms with Gasteiger partial charge in [0.15, 0.2) is 0 Å². The minimum Gasteiger partial charge on any atom is -0.481 e. The fourth-order valence-corrected chi connectivity index (χ4v) is 3.25. The second-order valence-electron chi connectivity index (χ2n) is 6.06. The fourth-order valence-electron chi connectivity index (χ4n) is 3.25. The van der Waals surface area contributed by atoms with Crippen LogP contribution in [0.4, 0.5) is 4.79 Å². The molecule has 0 aromatic rings. The topological polar surface area (TPSA) is 81.1 Å². The Labute approximate surface area is 125 Å². The van der Waals surface area contributed by atoms with Crippen LogP contribution in [0.1, 0.15) is 51.4 Å². The summed E-state index contributed by atoms with van der Waals surface area (Å²) in [5, 5.41) is 18.1. The van der Waals surface area contributed by atoms with E-state index in [-0.39, 0.29) is 31.1 Å². The molecule has 1 unspecified atom stereocenters. The summed E-state index contributed by atoms with van der Waals surface area (Å²) in [6.45, 7) is 1.07. The third kappa shape index (κ3) is 4.09. The van der Waals surface area contributed by atoms with E-state index in [0.29, 0.717) is 19.5 Å². The van der Waals surface area contributed by atoms with Gasteiger partial charge in [0, 0.05) is 31.6 Å². The van der Waals surface area contributed by atoms with Gasteiger partial charge < -0.3 is 20.0 Å². The maximum absolute atomic E-state index is 12.8. The van der Waals surface area contributed by atoms with Crippen LogP contribution >= 0.6 is 0 Å². The largest absolute Gasteiger partial charge is 0.481 e. The smallest absolute Gasteiger partial charge is 0.320 e. The van der Waals surface area contributed by atoms with Gasteiger partial charge in [-0.15, -0.1) is 0 Å². The number of carboxylic acids is 1. The maximum atomic E-state index is 12.8. The van der Waals surface area contributed by atoms with Crippen molar-refractivity contribution in [2.24, 2.45) is 0 Å². The number of hydrogen-bond acceptors (Lipinski definition) is 3. The normalized spacial score (nSPS) is 22.7. The Morgan fingerprint density at radius 2 is 1.90 bits per heavy atom. The molecule has 2 fully saturated rings. The molecule has 21 heavy (non-hydrogen) atoms. The van der Waals surface area contributed by atoms with E-state index in [1.807, 2.05) is 4.90 Å². The SMILES string of the molecule is O=C(O)CCC1CCCCN1C(=O)N(CCO)C1CCC1. The number of carbonyl (C=O) groups excluding carboxylic acids is 1. The van der Waals surface area contributed by atoms with Crippen LogP contribution < -0.4 is 0 Å². The van der Waals surface area contributed by atoms with Gasteiger partial charge in [0.1, 0.15) is 0 Å². The Kier molecular flexibility index (Phi) is 5.85. The zero-order chi connectivity index (χ0) is 15.2. The molecule has 2 rings (SSSR count). The molecule has 1 saturated heterocycles. The highest BCUT2D eigenvalue weighted by Crippen LogP contribution is 2.28. The number of urea groups is 1. The first kappa shape index (κ1) is 16.1. The number of piperidine rings is 1. The number of amides is 2. The molecular weight excluding hydrogens is 272 g/mol. The summed E-state index contributed by atoms with van der Waals surface area (Å²) in [5.41, 5.74) is 0. The van der Waals surface area contributed by atoms with Crippen LogP contribution in [0.25, 0.3) is 0 Å². The summed E-state index contributed by atoms with van der Waals surface area (Å²) in [6.07, 6.45) is 6.72. The molecule has 2 amide bonds. The van der Waals surface area contributed by atoms with Crippen molar-refractivity contribution < 1.29 is 19.8 Å². The first-order valence-corrected chi connectivity index (χ1v) is 8.03. The molecule has 0 bridgehead atoms. The average Bonchev–Trinajstić information content (AvgIpc) is 2.42. The van der Waals surface area contributed by atoms with Crippen LogP contribution in [0.2, 0.25) is 0 Å². The Morgan fingerprint density at radius 3 is 2.48 bits per heavy atom. The molecule has 1 aliphatic carbocycles. The van der Waals surface area contributed by atoms with E-state index in [0.717, 1.165) is 38.5 Å². The predicted octanol–water partition coefficient (Wildman–Crippen LogP) is 1.67. The Balaban J connectivity index is 1.99. The van der Waals surface area contributed by atoms with Gasteiger partial charge in [0.25, 0.3) is 0 Å².